The van der Waals surface area contributed by atoms with Crippen molar-refractivity contribution in [1.29, 1.82) is 0 Å². The number of aliphatic carboxylic acids is 2. The molecule has 0 heterocycles. The van der Waals surface area contributed by atoms with Crippen molar-refractivity contribution < 1.29 is 19.8 Å². The van der Waals surface area contributed by atoms with E-state index in [2.05, 4.69) is 24.8 Å². The predicted molar refractivity (Wildman–Crippen MR) is 40.6 cm³/mol. The van der Waals surface area contributed by atoms with Crippen molar-refractivity contribution in [3.8, 4) is 0 Å². The molecule has 0 radical (unpaired) electrons. The van der Waals surface area contributed by atoms with Crippen molar-refractivity contribution >= 4 is 41.6 Å². The molecule has 0 aliphatic heterocycles. The van der Waals surface area contributed by atoms with E-state index in [9.17, 15) is 9.59 Å². The second-order valence-electron chi connectivity index (χ2n) is 1.41. The minimum atomic E-state index is -1.42. The molecule has 10 heavy (non-hydrogen) atoms. The van der Waals surface area contributed by atoms with Crippen LogP contribution < -0.4 is 0 Å². The summed E-state index contributed by atoms with van der Waals surface area (Å²) in [4.78, 5) is 19.4. The highest BCUT2D eigenvalue weighted by atomic mass is 32.1. The smallest absolute Gasteiger partial charge is 0.344 e. The Labute approximate surface area is 67.3 Å². The van der Waals surface area contributed by atoms with Gasteiger partial charge in [-0.1, -0.05) is 12.2 Å². The van der Waals surface area contributed by atoms with Crippen molar-refractivity contribution in [2.45, 2.75) is 5.25 Å². The van der Waals surface area contributed by atoms with Crippen LogP contribution in [-0.4, -0.2) is 32.3 Å². The number of carboxylic acids is 2. The second kappa shape index (κ2) is 3.52. The van der Waals surface area contributed by atoms with Crippen LogP contribution in [0.4, 0.5) is 0 Å². The van der Waals surface area contributed by atoms with E-state index in [0.717, 1.165) is 0 Å². The Balaban J connectivity index is 4.22. The molecule has 0 aliphatic rings. The van der Waals surface area contributed by atoms with Gasteiger partial charge in [-0.05, 0) is 0 Å². The van der Waals surface area contributed by atoms with Crippen LogP contribution in [0.1, 0.15) is 0 Å². The molecule has 0 bridgehead atoms. The van der Waals surface area contributed by atoms with Crippen molar-refractivity contribution in [1.82, 2.24) is 0 Å². The van der Waals surface area contributed by atoms with E-state index < -0.39 is 22.1 Å². The van der Waals surface area contributed by atoms with Crippen LogP contribution in [0.15, 0.2) is 0 Å². The molecule has 0 unspecified atom stereocenters. The van der Waals surface area contributed by atoms with Crippen molar-refractivity contribution in [3.63, 3.8) is 0 Å². The van der Waals surface area contributed by atoms with Gasteiger partial charge in [-0.25, -0.2) is 4.79 Å². The fourth-order valence-electron chi connectivity index (χ4n) is 0.229. The fourth-order valence-corrected chi connectivity index (χ4v) is 0.440. The molecular formula is C4H4O4S2. The van der Waals surface area contributed by atoms with Gasteiger partial charge in [0, 0.05) is 0 Å². The lowest BCUT2D eigenvalue weighted by Gasteiger charge is -2.00. The summed E-state index contributed by atoms with van der Waals surface area (Å²) in [6.07, 6.45) is 0. The number of thiocarbonyl (C=S) groups is 1. The molecule has 0 saturated carbocycles. The van der Waals surface area contributed by atoms with Gasteiger partial charge in [-0.2, -0.15) is 12.6 Å². The molecule has 0 spiro atoms. The number of carboxylic acid groups (broad SMARTS) is 2. The van der Waals surface area contributed by atoms with Gasteiger partial charge in [0.05, 0.1) is 0 Å². The average molecular weight is 180 g/mol. The van der Waals surface area contributed by atoms with E-state index in [0.29, 0.717) is 0 Å². The molecule has 4 nitrogen and oxygen atoms in total. The van der Waals surface area contributed by atoms with Crippen LogP contribution in [0.2, 0.25) is 0 Å². The number of rotatable bonds is 3. The third-order valence-corrected chi connectivity index (χ3v) is 1.76. The normalized spacial score (nSPS) is 12.1. The SMILES string of the molecule is O=C(O)C(=S)[C@@H](S)C(=O)O. The molecule has 0 aliphatic carbocycles. The summed E-state index contributed by atoms with van der Waals surface area (Å²) >= 11 is 7.66. The van der Waals surface area contributed by atoms with Gasteiger partial charge >= 0.3 is 11.9 Å². The van der Waals surface area contributed by atoms with Gasteiger partial charge in [0.1, 0.15) is 10.1 Å². The summed E-state index contributed by atoms with van der Waals surface area (Å²) in [5.41, 5.74) is 0. The maximum atomic E-state index is 10.0. The molecule has 2 N–H and O–H groups in total. The predicted octanol–water partition coefficient (Wildman–Crippen LogP) is -0.176. The van der Waals surface area contributed by atoms with E-state index in [1.54, 1.807) is 0 Å². The molecule has 6 heteroatoms. The summed E-state index contributed by atoms with van der Waals surface area (Å²) in [5, 5.41) is 14.9. The lowest BCUT2D eigenvalue weighted by atomic mass is 10.3. The van der Waals surface area contributed by atoms with Crippen LogP contribution in [-0.2, 0) is 9.59 Å². The van der Waals surface area contributed by atoms with Crippen LogP contribution in [0.25, 0.3) is 0 Å². The van der Waals surface area contributed by atoms with Gasteiger partial charge in [0.2, 0.25) is 0 Å². The van der Waals surface area contributed by atoms with E-state index in [1.165, 1.54) is 0 Å². The molecule has 0 aromatic heterocycles. The standard InChI is InChI=1S/C4H4O4S2/c5-3(6)1(9)2(10)4(7)8/h1,9H,(H,5,6)(H,7,8)/t1-/m1/s1. The highest BCUT2D eigenvalue weighted by Crippen LogP contribution is 1.98. The van der Waals surface area contributed by atoms with Crippen LogP contribution >= 0.6 is 24.8 Å². The van der Waals surface area contributed by atoms with Gasteiger partial charge in [0.15, 0.2) is 0 Å². The topological polar surface area (TPSA) is 74.6 Å². The van der Waals surface area contributed by atoms with Crippen molar-refractivity contribution in [3.05, 3.63) is 0 Å². The number of hydrogen-bond acceptors (Lipinski definition) is 4. The quantitative estimate of drug-likeness (QED) is 0.415. The van der Waals surface area contributed by atoms with Gasteiger partial charge in [-0.15, -0.1) is 0 Å². The Hall–Kier alpha value is -0.620. The molecule has 0 amide bonds. The zero-order valence-electron chi connectivity index (χ0n) is 4.64. The fraction of sp³-hybridized carbons (Fsp3) is 0.250. The minimum absolute atomic E-state index is 0.601. The summed E-state index contributed by atoms with van der Waals surface area (Å²) in [5.74, 6) is -2.77. The van der Waals surface area contributed by atoms with E-state index in [-0.39, 0.29) is 0 Å². The van der Waals surface area contributed by atoms with Gasteiger partial charge < -0.3 is 10.2 Å². The molecule has 0 aromatic carbocycles. The molecule has 0 fully saturated rings. The Morgan fingerprint density at radius 3 is 1.90 bits per heavy atom. The Morgan fingerprint density at radius 1 is 1.40 bits per heavy atom. The molecule has 0 aromatic rings. The highest BCUT2D eigenvalue weighted by molar-refractivity contribution is 7.88. The maximum Gasteiger partial charge on any atom is 0.344 e. The Kier molecular flexibility index (Phi) is 3.31. The highest BCUT2D eigenvalue weighted by Gasteiger charge is 2.22. The van der Waals surface area contributed by atoms with E-state index in [4.69, 9.17) is 10.2 Å². The van der Waals surface area contributed by atoms with Gasteiger partial charge in [-0.3, -0.25) is 4.79 Å². The first-order valence-corrected chi connectivity index (χ1v) is 3.07. The van der Waals surface area contributed by atoms with Crippen molar-refractivity contribution in [2.24, 2.45) is 0 Å². The third kappa shape index (κ3) is 2.32. The zero-order valence-corrected chi connectivity index (χ0v) is 6.35. The zero-order chi connectivity index (χ0) is 8.31. The molecule has 0 rings (SSSR count). The Morgan fingerprint density at radius 2 is 1.80 bits per heavy atom. The first-order valence-electron chi connectivity index (χ1n) is 2.15. The molecule has 0 saturated heterocycles. The largest absolute Gasteiger partial charge is 0.480 e. The second-order valence-corrected chi connectivity index (χ2v) is 2.37. The molecule has 56 valence electrons. The monoisotopic (exact) mass is 180 g/mol. The lowest BCUT2D eigenvalue weighted by molar-refractivity contribution is -0.136. The number of thiol groups is 1. The third-order valence-electron chi connectivity index (χ3n) is 0.693. The van der Waals surface area contributed by atoms with Crippen LogP contribution in [0.5, 0.6) is 0 Å². The first kappa shape index (κ1) is 9.38. The number of hydrogen-bond donors (Lipinski definition) is 3. The average Bonchev–Trinajstić information content (AvgIpc) is 1.84. The van der Waals surface area contributed by atoms with E-state index in [1.807, 2.05) is 0 Å². The molecule has 1 atom stereocenters. The van der Waals surface area contributed by atoms with Gasteiger partial charge in [0.25, 0.3) is 0 Å². The van der Waals surface area contributed by atoms with Crippen LogP contribution in [0.3, 0.4) is 0 Å². The minimum Gasteiger partial charge on any atom is -0.480 e. The van der Waals surface area contributed by atoms with Crippen LogP contribution in [0, 0.1) is 0 Å². The molecular weight excluding hydrogens is 176 g/mol. The summed E-state index contributed by atoms with van der Waals surface area (Å²) in [7, 11) is 0. The summed E-state index contributed by atoms with van der Waals surface area (Å²) in [6.45, 7) is 0. The van der Waals surface area contributed by atoms with E-state index >= 15 is 0 Å². The summed E-state index contributed by atoms with van der Waals surface area (Å²) < 4.78 is 0. The summed E-state index contributed by atoms with van der Waals surface area (Å²) in [6, 6.07) is 0. The van der Waals surface area contributed by atoms with Crippen molar-refractivity contribution in [2.75, 3.05) is 0 Å². The number of carbonyl (C=O) groups is 2. The maximum absolute atomic E-state index is 10.0. The first-order chi connectivity index (χ1) is 4.46. The lowest BCUT2D eigenvalue weighted by Crippen LogP contribution is -2.28. The Bertz CT molecular complexity index is 188.